The number of rotatable bonds is 2. The molecule has 0 amide bonds. The van der Waals surface area contributed by atoms with Gasteiger partial charge < -0.3 is 0 Å². The number of aromatic nitrogens is 3. The molecule has 80 valence electrons. The Bertz CT molecular complexity index is 491. The summed E-state index contributed by atoms with van der Waals surface area (Å²) in [5.41, 5.74) is 1.26. The third-order valence-electron chi connectivity index (χ3n) is 2.29. The highest BCUT2D eigenvalue weighted by molar-refractivity contribution is 5.47. The molecule has 2 aromatic heterocycles. The molecule has 0 N–H and O–H groups in total. The van der Waals surface area contributed by atoms with Crippen molar-refractivity contribution in [2.75, 3.05) is 0 Å². The van der Waals surface area contributed by atoms with E-state index in [1.165, 1.54) is 10.6 Å². The zero-order chi connectivity index (χ0) is 11.0. The molecule has 0 radical (unpaired) electrons. The van der Waals surface area contributed by atoms with Crippen molar-refractivity contribution in [3.8, 4) is 0 Å². The van der Waals surface area contributed by atoms with Crippen LogP contribution in [0.25, 0.3) is 5.65 Å². The first-order valence-electron chi connectivity index (χ1n) is 4.76. The normalized spacial score (nSPS) is 11.5. The second kappa shape index (κ2) is 3.56. The van der Waals surface area contributed by atoms with Crippen molar-refractivity contribution in [2.45, 2.75) is 26.7 Å². The maximum atomic E-state index is 12.7. The van der Waals surface area contributed by atoms with Crippen molar-refractivity contribution in [3.63, 3.8) is 0 Å². The molecule has 2 rings (SSSR count). The summed E-state index contributed by atoms with van der Waals surface area (Å²) in [4.78, 5) is 4.19. The molecule has 0 fully saturated rings. The fraction of sp³-hybridized carbons (Fsp3) is 0.400. The molecule has 0 aliphatic rings. The van der Waals surface area contributed by atoms with Crippen molar-refractivity contribution in [1.29, 1.82) is 0 Å². The number of hydrogen-bond donors (Lipinski definition) is 0. The Morgan fingerprint density at radius 2 is 2.13 bits per heavy atom. The Morgan fingerprint density at radius 1 is 1.40 bits per heavy atom. The molecule has 0 aliphatic carbocycles. The summed E-state index contributed by atoms with van der Waals surface area (Å²) in [5.74, 6) is 0.589. The number of fused-ring (bicyclic) bond motifs is 1. The lowest BCUT2D eigenvalue weighted by atomic mass is 10.2. The van der Waals surface area contributed by atoms with Crippen LogP contribution in [0.5, 0.6) is 0 Å². The molecule has 0 saturated carbocycles. The molecule has 0 saturated heterocycles. The fourth-order valence-electron chi connectivity index (χ4n) is 1.46. The van der Waals surface area contributed by atoms with E-state index in [1.54, 1.807) is 6.07 Å². The number of aryl methyl sites for hydroxylation is 2. The third-order valence-corrected chi connectivity index (χ3v) is 2.29. The SMILES string of the molecule is CCc1nc2c(C)ccc(C(F)F)n2n1. The van der Waals surface area contributed by atoms with E-state index in [1.807, 2.05) is 13.8 Å². The fourth-order valence-corrected chi connectivity index (χ4v) is 1.46. The van der Waals surface area contributed by atoms with Gasteiger partial charge in [0.2, 0.25) is 0 Å². The minimum Gasteiger partial charge on any atom is -0.212 e. The Balaban J connectivity index is 2.74. The van der Waals surface area contributed by atoms with E-state index in [0.29, 0.717) is 17.9 Å². The van der Waals surface area contributed by atoms with Crippen LogP contribution < -0.4 is 0 Å². The average Bonchev–Trinajstić information content (AvgIpc) is 2.62. The largest absolute Gasteiger partial charge is 0.280 e. The predicted octanol–water partition coefficient (Wildman–Crippen LogP) is 2.54. The minimum atomic E-state index is -2.53. The van der Waals surface area contributed by atoms with Gasteiger partial charge in [0.25, 0.3) is 6.43 Å². The van der Waals surface area contributed by atoms with Gasteiger partial charge in [-0.25, -0.2) is 18.3 Å². The monoisotopic (exact) mass is 211 g/mol. The topological polar surface area (TPSA) is 30.2 Å². The highest BCUT2D eigenvalue weighted by atomic mass is 19.3. The van der Waals surface area contributed by atoms with E-state index in [-0.39, 0.29) is 5.69 Å². The molecule has 2 heterocycles. The van der Waals surface area contributed by atoms with Crippen LogP contribution in [0.15, 0.2) is 12.1 Å². The van der Waals surface area contributed by atoms with Crippen molar-refractivity contribution in [3.05, 3.63) is 29.2 Å². The van der Waals surface area contributed by atoms with Crippen LogP contribution in [-0.4, -0.2) is 14.6 Å². The summed E-state index contributed by atoms with van der Waals surface area (Å²) in [6.45, 7) is 3.73. The first-order valence-corrected chi connectivity index (χ1v) is 4.76. The molecule has 0 bridgehead atoms. The van der Waals surface area contributed by atoms with Crippen molar-refractivity contribution in [1.82, 2.24) is 14.6 Å². The number of nitrogens with zero attached hydrogens (tertiary/aromatic N) is 3. The summed E-state index contributed by atoms with van der Waals surface area (Å²) < 4.78 is 26.5. The van der Waals surface area contributed by atoms with Gasteiger partial charge in [0.05, 0.1) is 0 Å². The summed E-state index contributed by atoms with van der Waals surface area (Å²) >= 11 is 0. The minimum absolute atomic E-state index is 0.109. The lowest BCUT2D eigenvalue weighted by Gasteiger charge is -2.03. The maximum Gasteiger partial charge on any atom is 0.280 e. The molecule has 5 heteroatoms. The number of alkyl halides is 2. The molecule has 0 spiro atoms. The second-order valence-electron chi connectivity index (χ2n) is 3.36. The van der Waals surface area contributed by atoms with Gasteiger partial charge in [-0.3, -0.25) is 0 Å². The highest BCUT2D eigenvalue weighted by Crippen LogP contribution is 2.21. The second-order valence-corrected chi connectivity index (χ2v) is 3.36. The molecule has 2 aromatic rings. The number of halogens is 2. The van der Waals surface area contributed by atoms with Crippen LogP contribution in [0.2, 0.25) is 0 Å². The van der Waals surface area contributed by atoms with Gasteiger partial charge in [0, 0.05) is 6.42 Å². The Labute approximate surface area is 85.7 Å². The van der Waals surface area contributed by atoms with E-state index in [9.17, 15) is 8.78 Å². The van der Waals surface area contributed by atoms with Crippen molar-refractivity contribution < 1.29 is 8.78 Å². The molecule has 3 nitrogen and oxygen atoms in total. The van der Waals surface area contributed by atoms with Gasteiger partial charge in [-0.2, -0.15) is 5.10 Å². The van der Waals surface area contributed by atoms with Crippen LogP contribution in [0.1, 0.15) is 30.4 Å². The van der Waals surface area contributed by atoms with Crippen LogP contribution in [0, 0.1) is 6.92 Å². The Kier molecular flexibility index (Phi) is 2.38. The van der Waals surface area contributed by atoms with Gasteiger partial charge in [-0.1, -0.05) is 13.0 Å². The van der Waals surface area contributed by atoms with Gasteiger partial charge in [0.1, 0.15) is 5.69 Å². The van der Waals surface area contributed by atoms with Crippen LogP contribution in [-0.2, 0) is 6.42 Å². The lowest BCUT2D eigenvalue weighted by molar-refractivity contribution is 0.143. The van der Waals surface area contributed by atoms with Gasteiger partial charge in [-0.05, 0) is 18.6 Å². The van der Waals surface area contributed by atoms with E-state index in [0.717, 1.165) is 5.56 Å². The number of pyridine rings is 1. The van der Waals surface area contributed by atoms with E-state index in [2.05, 4.69) is 10.1 Å². The summed E-state index contributed by atoms with van der Waals surface area (Å²) in [6, 6.07) is 3.03. The van der Waals surface area contributed by atoms with Gasteiger partial charge >= 0.3 is 0 Å². The Hall–Kier alpha value is -1.52. The molecule has 15 heavy (non-hydrogen) atoms. The summed E-state index contributed by atoms with van der Waals surface area (Å²) in [7, 11) is 0. The van der Waals surface area contributed by atoms with Crippen LogP contribution >= 0.6 is 0 Å². The van der Waals surface area contributed by atoms with Gasteiger partial charge in [-0.15, -0.1) is 0 Å². The van der Waals surface area contributed by atoms with Gasteiger partial charge in [0.15, 0.2) is 11.5 Å². The lowest BCUT2D eigenvalue weighted by Crippen LogP contribution is -2.00. The van der Waals surface area contributed by atoms with Crippen molar-refractivity contribution in [2.24, 2.45) is 0 Å². The summed E-state index contributed by atoms with van der Waals surface area (Å²) in [6.07, 6.45) is -1.89. The van der Waals surface area contributed by atoms with E-state index >= 15 is 0 Å². The predicted molar refractivity (Wildman–Crippen MR) is 52.1 cm³/mol. The summed E-state index contributed by atoms with van der Waals surface area (Å²) in [5, 5.41) is 4.04. The Morgan fingerprint density at radius 3 is 2.73 bits per heavy atom. The zero-order valence-electron chi connectivity index (χ0n) is 8.54. The van der Waals surface area contributed by atoms with Crippen molar-refractivity contribution >= 4 is 5.65 Å². The molecule has 0 aliphatic heterocycles. The molecular formula is C10H11F2N3. The smallest absolute Gasteiger partial charge is 0.212 e. The quantitative estimate of drug-likeness (QED) is 0.764. The first kappa shape index (κ1) is 10.0. The molecule has 0 unspecified atom stereocenters. The standard InChI is InChI=1S/C10H11F2N3/c1-3-8-13-10-6(2)4-5-7(9(11)12)15(10)14-8/h4-5,9H,3H2,1-2H3. The molecule has 0 atom stereocenters. The third kappa shape index (κ3) is 1.58. The zero-order valence-corrected chi connectivity index (χ0v) is 8.54. The van der Waals surface area contributed by atoms with Crippen LogP contribution in [0.3, 0.4) is 0 Å². The maximum absolute atomic E-state index is 12.7. The van der Waals surface area contributed by atoms with E-state index < -0.39 is 6.43 Å². The van der Waals surface area contributed by atoms with Crippen LogP contribution in [0.4, 0.5) is 8.78 Å². The first-order chi connectivity index (χ1) is 7.13. The number of hydrogen-bond acceptors (Lipinski definition) is 2. The molecular weight excluding hydrogens is 200 g/mol. The average molecular weight is 211 g/mol. The molecule has 0 aromatic carbocycles. The highest BCUT2D eigenvalue weighted by Gasteiger charge is 2.15. The van der Waals surface area contributed by atoms with E-state index in [4.69, 9.17) is 0 Å².